The Hall–Kier alpha value is -2.32. The van der Waals surface area contributed by atoms with Crippen molar-refractivity contribution in [2.45, 2.75) is 77.7 Å². The Labute approximate surface area is 208 Å². The first-order valence-electron chi connectivity index (χ1n) is 11.8. The molecule has 198 valence electrons. The maximum atomic E-state index is 11.8. The van der Waals surface area contributed by atoms with Gasteiger partial charge in [-0.3, -0.25) is 18.9 Å². The van der Waals surface area contributed by atoms with Crippen molar-refractivity contribution in [3.63, 3.8) is 0 Å². The van der Waals surface area contributed by atoms with E-state index >= 15 is 0 Å². The lowest BCUT2D eigenvalue weighted by Gasteiger charge is -2.17. The van der Waals surface area contributed by atoms with E-state index in [0.29, 0.717) is 19.3 Å². The molecule has 0 saturated heterocycles. The Balaban J connectivity index is 3.93. The molecule has 35 heavy (non-hydrogen) atoms. The van der Waals surface area contributed by atoms with Gasteiger partial charge in [-0.15, -0.1) is 0 Å². The van der Waals surface area contributed by atoms with Crippen LogP contribution in [0.2, 0.25) is 0 Å². The first-order valence-corrected chi connectivity index (χ1v) is 13.4. The molecule has 0 aromatic rings. The second-order valence-corrected chi connectivity index (χ2v) is 8.96. The molecule has 0 aromatic heterocycles. The summed E-state index contributed by atoms with van der Waals surface area (Å²) in [5.41, 5.74) is 0. The maximum Gasteiger partial charge on any atom is 0.469 e. The number of allylic oxidation sites excluding steroid dienone is 8. The van der Waals surface area contributed by atoms with Crippen molar-refractivity contribution in [2.24, 2.45) is 0 Å². The van der Waals surface area contributed by atoms with E-state index in [1.807, 2.05) is 36.5 Å². The minimum atomic E-state index is -4.72. The fourth-order valence-corrected chi connectivity index (χ4v) is 3.03. The van der Waals surface area contributed by atoms with Crippen LogP contribution in [0.25, 0.3) is 0 Å². The molecule has 0 unspecified atom stereocenters. The molecule has 10 heteroatoms. The summed E-state index contributed by atoms with van der Waals surface area (Å²) < 4.78 is 24.8. The van der Waals surface area contributed by atoms with Crippen LogP contribution in [0, 0.1) is 0 Å². The second kappa shape index (κ2) is 21.0. The van der Waals surface area contributed by atoms with Crippen molar-refractivity contribution in [2.75, 3.05) is 13.2 Å². The number of phosphoric ester groups is 1. The third-order valence-electron chi connectivity index (χ3n) is 4.38. The zero-order valence-electron chi connectivity index (χ0n) is 20.7. The summed E-state index contributed by atoms with van der Waals surface area (Å²) in [7, 11) is -4.72. The Morgan fingerprint density at radius 1 is 0.886 bits per heavy atom. The molecule has 0 amide bonds. The predicted octanol–water partition coefficient (Wildman–Crippen LogP) is 4.90. The van der Waals surface area contributed by atoms with Crippen LogP contribution in [0.1, 0.15) is 71.6 Å². The molecule has 0 heterocycles. The van der Waals surface area contributed by atoms with Crippen LogP contribution in [-0.2, 0) is 32.9 Å². The summed E-state index contributed by atoms with van der Waals surface area (Å²) in [5, 5.41) is 0. The van der Waals surface area contributed by atoms with E-state index in [1.54, 1.807) is 12.2 Å². The van der Waals surface area contributed by atoms with Gasteiger partial charge in [0.25, 0.3) is 0 Å². The normalized spacial score (nSPS) is 13.3. The number of phosphoric acid groups is 1. The molecule has 0 rings (SSSR count). The average Bonchev–Trinajstić information content (AvgIpc) is 2.78. The summed E-state index contributed by atoms with van der Waals surface area (Å²) in [6.07, 6.45) is 20.9. The maximum absolute atomic E-state index is 11.8. The molecule has 0 spiro atoms. The van der Waals surface area contributed by atoms with Crippen LogP contribution in [-0.4, -0.2) is 46.8 Å². The molecule has 2 N–H and O–H groups in total. The largest absolute Gasteiger partial charge is 0.469 e. The number of carbonyl (C=O) groups is 3. The van der Waals surface area contributed by atoms with Gasteiger partial charge in [-0.25, -0.2) is 4.57 Å². The van der Waals surface area contributed by atoms with Crippen molar-refractivity contribution < 1.29 is 42.7 Å². The number of carbonyl (C=O) groups excluding carboxylic acids is 3. The van der Waals surface area contributed by atoms with Gasteiger partial charge in [-0.2, -0.15) is 0 Å². The van der Waals surface area contributed by atoms with E-state index in [4.69, 9.17) is 19.3 Å². The lowest BCUT2D eigenvalue weighted by Crippen LogP contribution is -2.28. The molecular weight excluding hydrogens is 475 g/mol. The first-order chi connectivity index (χ1) is 16.6. The molecule has 0 radical (unpaired) electrons. The van der Waals surface area contributed by atoms with Gasteiger partial charge in [0, 0.05) is 19.8 Å². The SMILES string of the molecule is CCCCCC(=O)/C=C/C=C\C/C=C\C/C=C\CCCC(=O)OC[C@H](COP(=O)(O)O)OC(C)=O. The number of hydrogen-bond donors (Lipinski definition) is 2. The molecular formula is C25H39O9P. The molecule has 0 aliphatic heterocycles. The number of ether oxygens (including phenoxy) is 2. The Morgan fingerprint density at radius 3 is 2.23 bits per heavy atom. The highest BCUT2D eigenvalue weighted by Gasteiger charge is 2.21. The first kappa shape index (κ1) is 32.7. The second-order valence-electron chi connectivity index (χ2n) is 7.72. The van der Waals surface area contributed by atoms with Crippen molar-refractivity contribution in [3.05, 3.63) is 48.6 Å². The van der Waals surface area contributed by atoms with E-state index in [1.165, 1.54) is 0 Å². The van der Waals surface area contributed by atoms with Gasteiger partial charge >= 0.3 is 19.8 Å². The van der Waals surface area contributed by atoms with Crippen LogP contribution >= 0.6 is 7.82 Å². The topological polar surface area (TPSA) is 136 Å². The Morgan fingerprint density at radius 2 is 1.57 bits per heavy atom. The molecule has 0 aromatic carbocycles. The van der Waals surface area contributed by atoms with Crippen molar-refractivity contribution >= 4 is 25.5 Å². The Kier molecular flexibility index (Phi) is 19.6. The van der Waals surface area contributed by atoms with Crippen LogP contribution in [0.5, 0.6) is 0 Å². The number of hydrogen-bond acceptors (Lipinski definition) is 7. The average molecular weight is 515 g/mol. The van der Waals surface area contributed by atoms with Crippen molar-refractivity contribution in [1.82, 2.24) is 0 Å². The minimum absolute atomic E-state index is 0.158. The van der Waals surface area contributed by atoms with Crippen LogP contribution in [0.15, 0.2) is 48.6 Å². The van der Waals surface area contributed by atoms with Gasteiger partial charge in [0.1, 0.15) is 6.61 Å². The molecule has 0 aliphatic rings. The summed E-state index contributed by atoms with van der Waals surface area (Å²) >= 11 is 0. The lowest BCUT2D eigenvalue weighted by molar-refractivity contribution is -0.159. The van der Waals surface area contributed by atoms with E-state index in [2.05, 4.69) is 11.4 Å². The third-order valence-corrected chi connectivity index (χ3v) is 4.86. The number of esters is 2. The standard InChI is InChI=1S/C25H39O9P/c1-3-4-14-17-23(27)18-15-12-10-8-6-5-7-9-11-13-16-19-25(28)32-20-24(34-22(2)26)21-33-35(29,30)31/h5-6,9-12,15,18,24H,3-4,7-8,13-14,16-17,19-21H2,1-2H3,(H2,29,30,31)/b6-5-,11-9-,12-10-,18-15+/t24-/m1/s1. The molecule has 1 atom stereocenters. The van der Waals surface area contributed by atoms with Crippen molar-refractivity contribution in [1.29, 1.82) is 0 Å². The van der Waals surface area contributed by atoms with Gasteiger partial charge < -0.3 is 19.3 Å². The number of unbranched alkanes of at least 4 members (excludes halogenated alkanes) is 3. The summed E-state index contributed by atoms with van der Waals surface area (Å²) in [6.45, 7) is 2.31. The quantitative estimate of drug-likeness (QED) is 0.0581. The van der Waals surface area contributed by atoms with E-state index in [9.17, 15) is 18.9 Å². The Bertz CT molecular complexity index is 778. The highest BCUT2D eigenvalue weighted by Crippen LogP contribution is 2.35. The fraction of sp³-hybridized carbons (Fsp3) is 0.560. The highest BCUT2D eigenvalue weighted by molar-refractivity contribution is 7.46. The van der Waals surface area contributed by atoms with E-state index < -0.39 is 32.5 Å². The number of rotatable bonds is 20. The van der Waals surface area contributed by atoms with Gasteiger partial charge in [-0.05, 0) is 38.2 Å². The zero-order chi connectivity index (χ0) is 26.4. The zero-order valence-corrected chi connectivity index (χ0v) is 21.6. The molecule has 0 fully saturated rings. The third kappa shape index (κ3) is 24.6. The van der Waals surface area contributed by atoms with E-state index in [-0.39, 0.29) is 18.8 Å². The predicted molar refractivity (Wildman–Crippen MR) is 133 cm³/mol. The minimum Gasteiger partial charge on any atom is -0.462 e. The molecule has 9 nitrogen and oxygen atoms in total. The highest BCUT2D eigenvalue weighted by atomic mass is 31.2. The van der Waals surface area contributed by atoms with Crippen LogP contribution in [0.3, 0.4) is 0 Å². The molecule has 0 aliphatic carbocycles. The molecule has 0 bridgehead atoms. The number of ketones is 1. The summed E-state index contributed by atoms with van der Waals surface area (Å²) in [4.78, 5) is 51.8. The van der Waals surface area contributed by atoms with Gasteiger partial charge in [0.2, 0.25) is 0 Å². The van der Waals surface area contributed by atoms with Crippen LogP contribution < -0.4 is 0 Å². The smallest absolute Gasteiger partial charge is 0.462 e. The summed E-state index contributed by atoms with van der Waals surface area (Å²) in [6, 6.07) is 0. The van der Waals surface area contributed by atoms with Crippen LogP contribution in [0.4, 0.5) is 0 Å². The van der Waals surface area contributed by atoms with Gasteiger partial charge in [0.15, 0.2) is 11.9 Å². The van der Waals surface area contributed by atoms with Crippen molar-refractivity contribution in [3.8, 4) is 0 Å². The monoisotopic (exact) mass is 514 g/mol. The molecule has 0 saturated carbocycles. The van der Waals surface area contributed by atoms with Gasteiger partial charge in [0.05, 0.1) is 6.61 Å². The lowest BCUT2D eigenvalue weighted by atomic mass is 10.1. The fourth-order valence-electron chi connectivity index (χ4n) is 2.67. The van der Waals surface area contributed by atoms with E-state index in [0.717, 1.165) is 39.0 Å². The van der Waals surface area contributed by atoms with Gasteiger partial charge in [-0.1, -0.05) is 62.3 Å². The summed E-state index contributed by atoms with van der Waals surface area (Å²) in [5.74, 6) is -1.02.